The van der Waals surface area contributed by atoms with Gasteiger partial charge in [-0.2, -0.15) is 5.26 Å². The van der Waals surface area contributed by atoms with Gasteiger partial charge >= 0.3 is 6.03 Å². The molecular formula is C15H24N4O2. The fraction of sp³-hybridized carbons (Fsp3) is 0.800. The van der Waals surface area contributed by atoms with E-state index in [2.05, 4.69) is 11.4 Å². The maximum Gasteiger partial charge on any atom is 0.325 e. The van der Waals surface area contributed by atoms with Gasteiger partial charge in [-0.05, 0) is 39.7 Å². The van der Waals surface area contributed by atoms with Crippen molar-refractivity contribution < 1.29 is 9.59 Å². The average molecular weight is 292 g/mol. The molecule has 0 aromatic heterocycles. The number of carbonyl (C=O) groups excluding carboxylic acids is 2. The van der Waals surface area contributed by atoms with E-state index >= 15 is 0 Å². The Labute approximate surface area is 125 Å². The molecule has 1 aliphatic heterocycles. The van der Waals surface area contributed by atoms with Gasteiger partial charge in [-0.15, -0.1) is 0 Å². The maximum atomic E-state index is 12.8. The van der Waals surface area contributed by atoms with E-state index in [1.165, 1.54) is 4.90 Å². The highest BCUT2D eigenvalue weighted by atomic mass is 16.2. The average Bonchev–Trinajstić information content (AvgIpc) is 2.69. The number of amides is 3. The highest BCUT2D eigenvalue weighted by molar-refractivity contribution is 6.07. The fourth-order valence-corrected chi connectivity index (χ4v) is 3.31. The predicted molar refractivity (Wildman–Crippen MR) is 78.0 cm³/mol. The van der Waals surface area contributed by atoms with Gasteiger partial charge in [-0.25, -0.2) is 4.79 Å². The molecule has 6 nitrogen and oxygen atoms in total. The smallest absolute Gasteiger partial charge is 0.325 e. The molecule has 2 atom stereocenters. The Kier molecular flexibility index (Phi) is 4.24. The summed E-state index contributed by atoms with van der Waals surface area (Å²) in [6.45, 7) is 4.31. The lowest BCUT2D eigenvalue weighted by molar-refractivity contribution is -0.134. The summed E-state index contributed by atoms with van der Waals surface area (Å²) in [6, 6.07) is 1.86. The number of nitriles is 1. The van der Waals surface area contributed by atoms with Crippen LogP contribution >= 0.6 is 0 Å². The molecule has 1 heterocycles. The summed E-state index contributed by atoms with van der Waals surface area (Å²) < 4.78 is 0. The van der Waals surface area contributed by atoms with E-state index in [-0.39, 0.29) is 24.4 Å². The van der Waals surface area contributed by atoms with Crippen LogP contribution in [0.5, 0.6) is 0 Å². The Morgan fingerprint density at radius 3 is 2.81 bits per heavy atom. The second-order valence-electron chi connectivity index (χ2n) is 6.78. The predicted octanol–water partition coefficient (Wildman–Crippen LogP) is 1.37. The molecule has 2 rings (SSSR count). The maximum absolute atomic E-state index is 12.8. The SMILES string of the molecule is CC(C)(C#N)CCN1C(=O)NC2(CCCCC2CN)C1=O. The number of nitrogens with one attached hydrogen (secondary N) is 1. The third-order valence-electron chi connectivity index (χ3n) is 4.82. The molecule has 3 amide bonds. The highest BCUT2D eigenvalue weighted by Crippen LogP contribution is 2.38. The van der Waals surface area contributed by atoms with Crippen LogP contribution in [0.4, 0.5) is 4.79 Å². The lowest BCUT2D eigenvalue weighted by atomic mass is 9.72. The molecular weight excluding hydrogens is 268 g/mol. The second-order valence-corrected chi connectivity index (χ2v) is 6.78. The van der Waals surface area contributed by atoms with Crippen molar-refractivity contribution in [1.29, 1.82) is 5.26 Å². The van der Waals surface area contributed by atoms with Gasteiger partial charge in [0.15, 0.2) is 0 Å². The van der Waals surface area contributed by atoms with Gasteiger partial charge < -0.3 is 11.1 Å². The van der Waals surface area contributed by atoms with Gasteiger partial charge in [0.25, 0.3) is 5.91 Å². The monoisotopic (exact) mass is 292 g/mol. The van der Waals surface area contributed by atoms with E-state index < -0.39 is 11.0 Å². The first-order valence-electron chi connectivity index (χ1n) is 7.62. The summed E-state index contributed by atoms with van der Waals surface area (Å²) in [7, 11) is 0. The number of nitrogens with zero attached hydrogens (tertiary/aromatic N) is 2. The van der Waals surface area contributed by atoms with Crippen LogP contribution in [-0.4, -0.2) is 35.5 Å². The van der Waals surface area contributed by atoms with Crippen LogP contribution in [0.3, 0.4) is 0 Å². The summed E-state index contributed by atoms with van der Waals surface area (Å²) in [6.07, 6.45) is 4.00. The minimum absolute atomic E-state index is 0.0108. The molecule has 1 spiro atoms. The topological polar surface area (TPSA) is 99.2 Å². The van der Waals surface area contributed by atoms with E-state index in [0.717, 1.165) is 19.3 Å². The van der Waals surface area contributed by atoms with Crippen molar-refractivity contribution in [2.75, 3.05) is 13.1 Å². The van der Waals surface area contributed by atoms with E-state index in [4.69, 9.17) is 11.0 Å². The fourth-order valence-electron chi connectivity index (χ4n) is 3.31. The Hall–Kier alpha value is -1.61. The van der Waals surface area contributed by atoms with Crippen LogP contribution in [0.15, 0.2) is 0 Å². The third-order valence-corrected chi connectivity index (χ3v) is 4.82. The zero-order chi connectivity index (χ0) is 15.7. The largest absolute Gasteiger partial charge is 0.330 e. The van der Waals surface area contributed by atoms with Crippen LogP contribution in [0.2, 0.25) is 0 Å². The molecule has 2 fully saturated rings. The van der Waals surface area contributed by atoms with Crippen LogP contribution < -0.4 is 11.1 Å². The standard InChI is InChI=1S/C15H24N4O2/c1-14(2,10-17)7-8-19-12(20)15(18-13(19)21)6-4-3-5-11(15)9-16/h11H,3-9,16H2,1-2H3,(H,18,21). The zero-order valence-electron chi connectivity index (χ0n) is 12.8. The van der Waals surface area contributed by atoms with Crippen molar-refractivity contribution in [1.82, 2.24) is 10.2 Å². The molecule has 1 saturated carbocycles. The Bertz CT molecular complexity index is 483. The van der Waals surface area contributed by atoms with E-state index in [1.807, 2.05) is 13.8 Å². The van der Waals surface area contributed by atoms with Gasteiger partial charge in [0.05, 0.1) is 11.5 Å². The van der Waals surface area contributed by atoms with Crippen molar-refractivity contribution in [3.8, 4) is 6.07 Å². The highest BCUT2D eigenvalue weighted by Gasteiger charge is 2.55. The third kappa shape index (κ3) is 2.75. The van der Waals surface area contributed by atoms with E-state index in [0.29, 0.717) is 19.4 Å². The molecule has 2 aliphatic rings. The van der Waals surface area contributed by atoms with Crippen molar-refractivity contribution in [3.63, 3.8) is 0 Å². The molecule has 116 valence electrons. The Morgan fingerprint density at radius 1 is 1.48 bits per heavy atom. The normalized spacial score (nSPS) is 29.6. The minimum atomic E-state index is -0.805. The molecule has 1 aliphatic carbocycles. The summed E-state index contributed by atoms with van der Waals surface area (Å²) >= 11 is 0. The molecule has 0 aromatic rings. The lowest BCUT2D eigenvalue weighted by Crippen LogP contribution is -2.57. The molecule has 6 heteroatoms. The molecule has 2 unspecified atom stereocenters. The van der Waals surface area contributed by atoms with E-state index in [1.54, 1.807) is 0 Å². The lowest BCUT2D eigenvalue weighted by Gasteiger charge is -2.38. The number of nitrogens with two attached hydrogens (primary N) is 1. The molecule has 0 radical (unpaired) electrons. The molecule has 1 saturated heterocycles. The Morgan fingerprint density at radius 2 is 2.19 bits per heavy atom. The molecule has 0 bridgehead atoms. The number of hydrogen-bond donors (Lipinski definition) is 2. The number of rotatable bonds is 4. The quantitative estimate of drug-likeness (QED) is 0.764. The summed E-state index contributed by atoms with van der Waals surface area (Å²) in [5.74, 6) is -0.145. The summed E-state index contributed by atoms with van der Waals surface area (Å²) in [5.41, 5.74) is 4.46. The van der Waals surface area contributed by atoms with Gasteiger partial charge in [-0.1, -0.05) is 12.8 Å². The second kappa shape index (κ2) is 5.64. The first kappa shape index (κ1) is 15.8. The molecule has 0 aromatic carbocycles. The van der Waals surface area contributed by atoms with E-state index in [9.17, 15) is 9.59 Å². The molecule has 21 heavy (non-hydrogen) atoms. The Balaban J connectivity index is 2.14. The number of imide groups is 1. The molecule has 3 N–H and O–H groups in total. The summed E-state index contributed by atoms with van der Waals surface area (Å²) in [4.78, 5) is 26.2. The van der Waals surface area contributed by atoms with Crippen molar-refractivity contribution in [3.05, 3.63) is 0 Å². The van der Waals surface area contributed by atoms with Crippen LogP contribution in [0.1, 0.15) is 46.0 Å². The number of carbonyl (C=O) groups is 2. The first-order valence-corrected chi connectivity index (χ1v) is 7.62. The van der Waals surface area contributed by atoms with Crippen LogP contribution in [0, 0.1) is 22.7 Å². The zero-order valence-corrected chi connectivity index (χ0v) is 12.8. The van der Waals surface area contributed by atoms with Gasteiger partial charge in [-0.3, -0.25) is 9.69 Å². The van der Waals surface area contributed by atoms with Crippen molar-refractivity contribution in [2.45, 2.75) is 51.5 Å². The van der Waals surface area contributed by atoms with Gasteiger partial charge in [0, 0.05) is 12.5 Å². The number of urea groups is 1. The van der Waals surface area contributed by atoms with Crippen LogP contribution in [-0.2, 0) is 4.79 Å². The number of hydrogen-bond acceptors (Lipinski definition) is 4. The van der Waals surface area contributed by atoms with Gasteiger partial charge in [0.1, 0.15) is 5.54 Å². The summed E-state index contributed by atoms with van der Waals surface area (Å²) in [5, 5.41) is 12.0. The van der Waals surface area contributed by atoms with Crippen molar-refractivity contribution >= 4 is 11.9 Å². The van der Waals surface area contributed by atoms with Crippen LogP contribution in [0.25, 0.3) is 0 Å². The van der Waals surface area contributed by atoms with Gasteiger partial charge in [0.2, 0.25) is 0 Å². The minimum Gasteiger partial charge on any atom is -0.330 e. The van der Waals surface area contributed by atoms with Crippen molar-refractivity contribution in [2.24, 2.45) is 17.1 Å². The first-order chi connectivity index (χ1) is 9.86.